The fourth-order valence-corrected chi connectivity index (χ4v) is 3.09. The molecule has 0 N–H and O–H groups in total. The lowest BCUT2D eigenvalue weighted by molar-refractivity contribution is -0.384. The maximum absolute atomic E-state index is 13.0. The molecule has 0 unspecified atom stereocenters. The first-order chi connectivity index (χ1) is 14.0. The molecule has 0 aromatic heterocycles. The lowest BCUT2D eigenvalue weighted by Gasteiger charge is -2.11. The third kappa shape index (κ3) is 3.04. The molecule has 0 bridgehead atoms. The fraction of sp³-hybridized carbons (Fsp3) is 0.0500. The van der Waals surface area contributed by atoms with E-state index in [1.54, 1.807) is 36.4 Å². The number of nitro benzene ring substituents is 1. The summed E-state index contributed by atoms with van der Waals surface area (Å²) in [7, 11) is 1.21. The van der Waals surface area contributed by atoms with E-state index >= 15 is 0 Å². The first-order valence-corrected chi connectivity index (χ1v) is 8.54. The highest BCUT2D eigenvalue weighted by Crippen LogP contribution is 2.28. The van der Waals surface area contributed by atoms with E-state index in [9.17, 15) is 19.7 Å². The zero-order chi connectivity index (χ0) is 20.5. The van der Waals surface area contributed by atoms with Crippen LogP contribution in [0, 0.1) is 10.1 Å². The Balaban J connectivity index is 2.04. The molecule has 0 amide bonds. The highest BCUT2D eigenvalue weighted by Gasteiger charge is 2.26. The van der Waals surface area contributed by atoms with Crippen LogP contribution in [-0.2, 0) is 4.74 Å². The largest absolute Gasteiger partial charge is 0.465 e. The molecular formula is C20H14N4O5. The van der Waals surface area contributed by atoms with Crippen LogP contribution in [-0.4, -0.2) is 32.3 Å². The summed E-state index contributed by atoms with van der Waals surface area (Å²) in [5.74, 6) is -0.708. The van der Waals surface area contributed by atoms with Gasteiger partial charge < -0.3 is 9.30 Å². The molecule has 2 aromatic carbocycles. The number of aromatic nitrogens is 3. The van der Waals surface area contributed by atoms with Gasteiger partial charge in [-0.2, -0.15) is 9.78 Å². The molecule has 0 atom stereocenters. The molecule has 0 saturated heterocycles. The molecule has 9 heteroatoms. The standard InChI is InChI=1S/C20H14N4O5/c1-29-20(26)15-12-22(16-9-5-6-10-17(16)24(27)28)11-14-18(15)21-23(19(14)25)13-7-3-2-4-8-13/h2-12H,1H3. The Bertz CT molecular complexity index is 1260. The van der Waals surface area contributed by atoms with Crippen LogP contribution in [0.4, 0.5) is 5.69 Å². The number of carbonyl (C=O) groups excluding carboxylic acids is 1. The van der Waals surface area contributed by atoms with E-state index in [2.05, 4.69) is 5.10 Å². The molecule has 4 rings (SSSR count). The summed E-state index contributed by atoms with van der Waals surface area (Å²) in [6, 6.07) is 14.8. The van der Waals surface area contributed by atoms with Crippen LogP contribution >= 0.6 is 0 Å². The van der Waals surface area contributed by atoms with Crippen molar-refractivity contribution in [3.63, 3.8) is 0 Å². The van der Waals surface area contributed by atoms with E-state index < -0.39 is 16.5 Å². The zero-order valence-corrected chi connectivity index (χ0v) is 15.2. The maximum Gasteiger partial charge on any atom is 0.341 e. The van der Waals surface area contributed by atoms with E-state index in [1.807, 2.05) is 0 Å². The number of nitrogens with zero attached hydrogens (tertiary/aromatic N) is 4. The van der Waals surface area contributed by atoms with Crippen molar-refractivity contribution in [1.29, 1.82) is 0 Å². The summed E-state index contributed by atoms with van der Waals surface area (Å²) in [4.78, 5) is 36.2. The average molecular weight is 390 g/mol. The van der Waals surface area contributed by atoms with E-state index in [0.717, 1.165) is 0 Å². The molecule has 144 valence electrons. The van der Waals surface area contributed by atoms with Gasteiger partial charge in [-0.1, -0.05) is 30.3 Å². The lowest BCUT2D eigenvalue weighted by Crippen LogP contribution is -2.15. The van der Waals surface area contributed by atoms with E-state index in [0.29, 0.717) is 5.69 Å². The second kappa shape index (κ2) is 7.04. The molecule has 0 saturated carbocycles. The van der Waals surface area contributed by atoms with Crippen LogP contribution in [0.5, 0.6) is 0 Å². The first kappa shape index (κ1) is 18.1. The minimum absolute atomic E-state index is 0.0231. The number of rotatable bonds is 4. The summed E-state index contributed by atoms with van der Waals surface area (Å²) in [5, 5.41) is 15.7. The molecule has 0 aliphatic carbocycles. The molecule has 2 aliphatic rings. The van der Waals surface area contributed by atoms with Gasteiger partial charge in [0.1, 0.15) is 16.9 Å². The van der Waals surface area contributed by atoms with Crippen molar-refractivity contribution in [3.05, 3.63) is 93.0 Å². The van der Waals surface area contributed by atoms with Gasteiger partial charge in [0.05, 0.1) is 23.3 Å². The Labute approximate surface area is 163 Å². The van der Waals surface area contributed by atoms with Gasteiger partial charge in [0, 0.05) is 18.5 Å². The second-order valence-electron chi connectivity index (χ2n) is 6.13. The number of fused-ring (bicyclic) bond motifs is 1. The van der Waals surface area contributed by atoms with Crippen LogP contribution in [0.25, 0.3) is 22.6 Å². The Morgan fingerprint density at radius 3 is 2.45 bits per heavy atom. The molecule has 2 heterocycles. The molecule has 9 nitrogen and oxygen atoms in total. The van der Waals surface area contributed by atoms with E-state index in [4.69, 9.17) is 4.74 Å². The van der Waals surface area contributed by atoms with E-state index in [1.165, 1.54) is 47.0 Å². The topological polar surface area (TPSA) is 109 Å². The highest BCUT2D eigenvalue weighted by molar-refractivity contribution is 5.96. The van der Waals surface area contributed by atoms with Crippen LogP contribution in [0.3, 0.4) is 0 Å². The highest BCUT2D eigenvalue weighted by atomic mass is 16.6. The third-order valence-corrected chi connectivity index (χ3v) is 4.43. The smallest absolute Gasteiger partial charge is 0.341 e. The van der Waals surface area contributed by atoms with Crippen molar-refractivity contribution < 1.29 is 14.5 Å². The molecule has 0 radical (unpaired) electrons. The van der Waals surface area contributed by atoms with Crippen LogP contribution in [0.15, 0.2) is 71.8 Å². The SMILES string of the molecule is COC(=O)c1cn(-c2ccccc2[N+](=O)[O-])cc2c(=O)n(-c3ccccc3)nc1-2. The van der Waals surface area contributed by atoms with Gasteiger partial charge in [-0.15, -0.1) is 0 Å². The predicted molar refractivity (Wildman–Crippen MR) is 104 cm³/mol. The van der Waals surface area contributed by atoms with Crippen molar-refractivity contribution in [2.24, 2.45) is 0 Å². The molecule has 2 aromatic rings. The van der Waals surface area contributed by atoms with Crippen LogP contribution in [0.2, 0.25) is 0 Å². The third-order valence-electron chi connectivity index (χ3n) is 4.43. The Kier molecular flexibility index (Phi) is 4.40. The number of esters is 1. The first-order valence-electron chi connectivity index (χ1n) is 8.54. The zero-order valence-electron chi connectivity index (χ0n) is 15.2. The van der Waals surface area contributed by atoms with Gasteiger partial charge in [0.2, 0.25) is 0 Å². The normalized spacial score (nSPS) is 10.8. The van der Waals surface area contributed by atoms with Gasteiger partial charge >= 0.3 is 5.97 Å². The van der Waals surface area contributed by atoms with Gasteiger partial charge in [-0.25, -0.2) is 4.79 Å². The fourth-order valence-electron chi connectivity index (χ4n) is 3.09. The number of nitro groups is 1. The molecule has 0 fully saturated rings. The number of ether oxygens (including phenoxy) is 1. The summed E-state index contributed by atoms with van der Waals surface area (Å²) < 4.78 is 7.38. The number of hydrogen-bond acceptors (Lipinski definition) is 6. The Hall–Kier alpha value is -4.27. The molecule has 2 aliphatic heterocycles. The lowest BCUT2D eigenvalue weighted by atomic mass is 10.1. The van der Waals surface area contributed by atoms with E-state index in [-0.39, 0.29) is 28.2 Å². The molecular weight excluding hydrogens is 376 g/mol. The van der Waals surface area contributed by atoms with Crippen LogP contribution in [0.1, 0.15) is 10.4 Å². The van der Waals surface area contributed by atoms with Gasteiger partial charge in [-0.05, 0) is 18.2 Å². The molecule has 29 heavy (non-hydrogen) atoms. The second-order valence-corrected chi connectivity index (χ2v) is 6.13. The average Bonchev–Trinajstić information content (AvgIpc) is 3.09. The molecule has 0 spiro atoms. The maximum atomic E-state index is 13.0. The number of pyridine rings is 1. The summed E-state index contributed by atoms with van der Waals surface area (Å²) in [6.07, 6.45) is 2.80. The Morgan fingerprint density at radius 2 is 1.76 bits per heavy atom. The van der Waals surface area contributed by atoms with Crippen molar-refractivity contribution in [2.45, 2.75) is 0 Å². The monoisotopic (exact) mass is 390 g/mol. The minimum Gasteiger partial charge on any atom is -0.465 e. The van der Waals surface area contributed by atoms with Gasteiger partial charge in [0.15, 0.2) is 0 Å². The number of hydrogen-bond donors (Lipinski definition) is 0. The van der Waals surface area contributed by atoms with Crippen molar-refractivity contribution >= 4 is 11.7 Å². The van der Waals surface area contributed by atoms with Crippen molar-refractivity contribution in [2.75, 3.05) is 7.11 Å². The van der Waals surface area contributed by atoms with Crippen LogP contribution < -0.4 is 5.56 Å². The number of para-hydroxylation sites is 3. The number of carbonyl (C=O) groups is 1. The predicted octanol–water partition coefficient (Wildman–Crippen LogP) is 2.82. The van der Waals surface area contributed by atoms with Crippen molar-refractivity contribution in [1.82, 2.24) is 14.3 Å². The summed E-state index contributed by atoms with van der Waals surface area (Å²) in [6.45, 7) is 0. The van der Waals surface area contributed by atoms with Gasteiger partial charge in [-0.3, -0.25) is 14.9 Å². The summed E-state index contributed by atoms with van der Waals surface area (Å²) in [5.41, 5.74) is 0.420. The number of benzene rings is 2. The van der Waals surface area contributed by atoms with Gasteiger partial charge in [0.25, 0.3) is 11.2 Å². The Morgan fingerprint density at radius 1 is 1.07 bits per heavy atom. The summed E-state index contributed by atoms with van der Waals surface area (Å²) >= 11 is 0. The minimum atomic E-state index is -0.708. The number of methoxy groups -OCH3 is 1. The van der Waals surface area contributed by atoms with Crippen molar-refractivity contribution in [3.8, 4) is 22.6 Å². The quantitative estimate of drug-likeness (QED) is 0.301.